The van der Waals surface area contributed by atoms with Crippen molar-refractivity contribution in [1.29, 1.82) is 0 Å². The predicted molar refractivity (Wildman–Crippen MR) is 32.2 cm³/mol. The van der Waals surface area contributed by atoms with Gasteiger partial charge in [0.15, 0.2) is 0 Å². The zero-order valence-electron chi connectivity index (χ0n) is 5.15. The number of hydrogen-bond acceptors (Lipinski definition) is 2. The van der Waals surface area contributed by atoms with Gasteiger partial charge in [0.25, 0.3) is 0 Å². The Hall–Kier alpha value is -0.0800. The van der Waals surface area contributed by atoms with Crippen molar-refractivity contribution in [3.8, 4) is 0 Å². The highest BCUT2D eigenvalue weighted by Gasteiger charge is 2.70. The van der Waals surface area contributed by atoms with E-state index in [0.29, 0.717) is 0 Å². The van der Waals surface area contributed by atoms with Crippen LogP contribution < -0.4 is 11.5 Å². The van der Waals surface area contributed by atoms with Gasteiger partial charge in [0.2, 0.25) is 0 Å². The normalized spacial score (nSPS) is 68.6. The van der Waals surface area contributed by atoms with E-state index >= 15 is 0 Å². The topological polar surface area (TPSA) is 52.0 Å². The van der Waals surface area contributed by atoms with Crippen molar-refractivity contribution in [2.45, 2.75) is 30.8 Å². The first-order valence-electron chi connectivity index (χ1n) is 3.14. The molecule has 3 atom stereocenters. The predicted octanol–water partition coefficient (Wildman–Crippen LogP) is -0.175. The maximum absolute atomic E-state index is 5.85. The average Bonchev–Trinajstić information content (AvgIpc) is 2.13. The number of nitrogens with two attached hydrogens (primary N) is 2. The number of fused-ring (bicyclic) bond motifs is 1. The SMILES string of the molecule is CC1(N)CC2CC21N. The van der Waals surface area contributed by atoms with Crippen molar-refractivity contribution >= 4 is 0 Å². The second-order valence-electron chi connectivity index (χ2n) is 3.56. The summed E-state index contributed by atoms with van der Waals surface area (Å²) < 4.78 is 0. The van der Waals surface area contributed by atoms with Crippen molar-refractivity contribution in [2.24, 2.45) is 17.4 Å². The summed E-state index contributed by atoms with van der Waals surface area (Å²) in [6.07, 6.45) is 2.31. The monoisotopic (exact) mass is 112 g/mol. The van der Waals surface area contributed by atoms with Gasteiger partial charge in [0.1, 0.15) is 0 Å². The third kappa shape index (κ3) is 0.273. The highest BCUT2D eigenvalue weighted by atomic mass is 15.1. The second-order valence-corrected chi connectivity index (χ2v) is 3.56. The van der Waals surface area contributed by atoms with Crippen molar-refractivity contribution in [1.82, 2.24) is 0 Å². The van der Waals surface area contributed by atoms with Crippen LogP contribution in [0.4, 0.5) is 0 Å². The van der Waals surface area contributed by atoms with Crippen molar-refractivity contribution in [2.75, 3.05) is 0 Å². The molecule has 0 radical (unpaired) electrons. The van der Waals surface area contributed by atoms with Crippen LogP contribution in [0.2, 0.25) is 0 Å². The summed E-state index contributed by atoms with van der Waals surface area (Å²) in [6.45, 7) is 2.05. The van der Waals surface area contributed by atoms with Gasteiger partial charge in [0, 0.05) is 11.1 Å². The maximum atomic E-state index is 5.85. The lowest BCUT2D eigenvalue weighted by atomic mass is 9.74. The van der Waals surface area contributed by atoms with E-state index in [1.165, 1.54) is 6.42 Å². The van der Waals surface area contributed by atoms with Gasteiger partial charge in [-0.05, 0) is 25.7 Å². The standard InChI is InChI=1S/C6H12N2/c1-5(7)2-4-3-6(4,5)8/h4H,2-3,7-8H2,1H3. The Morgan fingerprint density at radius 3 is 2.00 bits per heavy atom. The van der Waals surface area contributed by atoms with Gasteiger partial charge in [-0.1, -0.05) is 0 Å². The Morgan fingerprint density at radius 2 is 2.00 bits per heavy atom. The summed E-state index contributed by atoms with van der Waals surface area (Å²) in [5.74, 6) is 0.775. The lowest BCUT2D eigenvalue weighted by molar-refractivity contribution is 0.210. The van der Waals surface area contributed by atoms with Crippen LogP contribution in [-0.2, 0) is 0 Å². The second kappa shape index (κ2) is 0.847. The molecular weight excluding hydrogens is 100 g/mol. The van der Waals surface area contributed by atoms with Gasteiger partial charge in [0.05, 0.1) is 0 Å². The third-order valence-electron chi connectivity index (χ3n) is 2.89. The molecule has 2 saturated carbocycles. The molecule has 0 aromatic rings. The fourth-order valence-electron chi connectivity index (χ4n) is 1.87. The van der Waals surface area contributed by atoms with E-state index in [9.17, 15) is 0 Å². The van der Waals surface area contributed by atoms with Crippen molar-refractivity contribution in [3.05, 3.63) is 0 Å². The zero-order valence-corrected chi connectivity index (χ0v) is 5.15. The van der Waals surface area contributed by atoms with E-state index in [1.54, 1.807) is 0 Å². The van der Waals surface area contributed by atoms with Crippen LogP contribution in [0.1, 0.15) is 19.8 Å². The molecule has 0 spiro atoms. The quantitative estimate of drug-likeness (QED) is 0.457. The molecule has 2 aliphatic rings. The van der Waals surface area contributed by atoms with Crippen LogP contribution in [0.3, 0.4) is 0 Å². The highest BCUT2D eigenvalue weighted by molar-refractivity contribution is 5.30. The van der Waals surface area contributed by atoms with Crippen LogP contribution in [0.5, 0.6) is 0 Å². The summed E-state index contributed by atoms with van der Waals surface area (Å²) in [7, 11) is 0. The fraction of sp³-hybridized carbons (Fsp3) is 1.00. The molecule has 46 valence electrons. The van der Waals surface area contributed by atoms with Gasteiger partial charge in [-0.2, -0.15) is 0 Å². The lowest BCUT2D eigenvalue weighted by Gasteiger charge is -2.41. The van der Waals surface area contributed by atoms with Crippen molar-refractivity contribution in [3.63, 3.8) is 0 Å². The smallest absolute Gasteiger partial charge is 0.0367 e. The Morgan fingerprint density at radius 1 is 1.38 bits per heavy atom. The summed E-state index contributed by atoms with van der Waals surface area (Å²) in [6, 6.07) is 0. The minimum atomic E-state index is -0.0301. The van der Waals surface area contributed by atoms with Crippen LogP contribution in [-0.4, -0.2) is 11.1 Å². The summed E-state index contributed by atoms with van der Waals surface area (Å²) in [4.78, 5) is 0. The number of rotatable bonds is 0. The summed E-state index contributed by atoms with van der Waals surface area (Å²) >= 11 is 0. The minimum Gasteiger partial charge on any atom is -0.324 e. The molecule has 0 aliphatic heterocycles. The minimum absolute atomic E-state index is 0.0301. The zero-order chi connectivity index (χ0) is 5.99. The highest BCUT2D eigenvalue weighted by Crippen LogP contribution is 2.62. The molecule has 8 heavy (non-hydrogen) atoms. The van der Waals surface area contributed by atoms with E-state index in [1.807, 2.05) is 0 Å². The third-order valence-corrected chi connectivity index (χ3v) is 2.89. The van der Waals surface area contributed by atoms with Crippen LogP contribution in [0.15, 0.2) is 0 Å². The van der Waals surface area contributed by atoms with E-state index in [2.05, 4.69) is 6.92 Å². The molecule has 4 N–H and O–H groups in total. The first-order valence-corrected chi connectivity index (χ1v) is 3.14. The van der Waals surface area contributed by atoms with E-state index in [4.69, 9.17) is 11.5 Å². The van der Waals surface area contributed by atoms with Crippen LogP contribution in [0, 0.1) is 5.92 Å². The van der Waals surface area contributed by atoms with Gasteiger partial charge in [-0.3, -0.25) is 0 Å². The first kappa shape index (κ1) is 4.77. The Labute approximate surface area is 49.2 Å². The van der Waals surface area contributed by atoms with Gasteiger partial charge < -0.3 is 11.5 Å². The molecule has 0 heterocycles. The largest absolute Gasteiger partial charge is 0.324 e. The molecular formula is C6H12N2. The lowest BCUT2D eigenvalue weighted by Crippen LogP contribution is -2.63. The Bertz CT molecular complexity index is 139. The molecule has 0 aromatic heterocycles. The number of hydrogen-bond donors (Lipinski definition) is 2. The van der Waals surface area contributed by atoms with Crippen LogP contribution in [0.25, 0.3) is 0 Å². The van der Waals surface area contributed by atoms with E-state index in [-0.39, 0.29) is 11.1 Å². The van der Waals surface area contributed by atoms with Gasteiger partial charge in [-0.15, -0.1) is 0 Å². The molecule has 2 nitrogen and oxygen atoms in total. The van der Waals surface area contributed by atoms with Crippen molar-refractivity contribution < 1.29 is 0 Å². The Kier molecular flexibility index (Phi) is 0.505. The fourth-order valence-corrected chi connectivity index (χ4v) is 1.87. The molecule has 3 unspecified atom stereocenters. The van der Waals surface area contributed by atoms with E-state index < -0.39 is 0 Å². The maximum Gasteiger partial charge on any atom is 0.0367 e. The molecule has 0 amide bonds. The molecule has 2 heteroatoms. The van der Waals surface area contributed by atoms with E-state index in [0.717, 1.165) is 12.3 Å². The molecule has 2 aliphatic carbocycles. The molecule has 0 saturated heterocycles. The molecule has 2 fully saturated rings. The molecule has 0 aromatic carbocycles. The Balaban J connectivity index is 2.24. The van der Waals surface area contributed by atoms with Gasteiger partial charge in [-0.25, -0.2) is 0 Å². The van der Waals surface area contributed by atoms with Crippen LogP contribution >= 0.6 is 0 Å². The average molecular weight is 112 g/mol. The van der Waals surface area contributed by atoms with Gasteiger partial charge >= 0.3 is 0 Å². The summed E-state index contributed by atoms with van der Waals surface area (Å²) in [5, 5.41) is 0. The molecule has 0 bridgehead atoms. The first-order chi connectivity index (χ1) is 3.56. The summed E-state index contributed by atoms with van der Waals surface area (Å²) in [5.41, 5.74) is 11.7. The molecule has 2 rings (SSSR count).